The quantitative estimate of drug-likeness (QED) is 0.810. The number of rotatable bonds is 3. The Morgan fingerprint density at radius 1 is 1.41 bits per heavy atom. The summed E-state index contributed by atoms with van der Waals surface area (Å²) in [6, 6.07) is 6.30. The van der Waals surface area contributed by atoms with Crippen LogP contribution in [0, 0.1) is 6.92 Å². The summed E-state index contributed by atoms with van der Waals surface area (Å²) in [5.74, 6) is -1.27. The van der Waals surface area contributed by atoms with Crippen LogP contribution in [0.4, 0.5) is 0 Å². The molecule has 2 atom stereocenters. The Kier molecular flexibility index (Phi) is 2.52. The molecule has 1 fully saturated rings. The molecular weight excluding hydrogens is 242 g/mol. The number of hydrogen-bond acceptors (Lipinski definition) is 4. The highest BCUT2D eigenvalue weighted by Crippen LogP contribution is 2.42. The van der Waals surface area contributed by atoms with Gasteiger partial charge in [0.05, 0.1) is 10.1 Å². The minimum absolute atomic E-state index is 0.0292. The van der Waals surface area contributed by atoms with E-state index in [9.17, 15) is 13.2 Å². The highest BCUT2D eigenvalue weighted by atomic mass is 32.2. The van der Waals surface area contributed by atoms with Crippen LogP contribution < -0.4 is 5.73 Å². The zero-order valence-electron chi connectivity index (χ0n) is 9.25. The Hall–Kier alpha value is -1.40. The van der Waals surface area contributed by atoms with Gasteiger partial charge in [0.2, 0.25) is 0 Å². The largest absolute Gasteiger partial charge is 0.480 e. The molecule has 1 aromatic rings. The van der Waals surface area contributed by atoms with Gasteiger partial charge in [0.15, 0.2) is 9.84 Å². The van der Waals surface area contributed by atoms with Crippen molar-refractivity contribution in [1.82, 2.24) is 0 Å². The first kappa shape index (κ1) is 12.1. The molecule has 0 amide bonds. The van der Waals surface area contributed by atoms with Crippen LogP contribution in [0.2, 0.25) is 0 Å². The summed E-state index contributed by atoms with van der Waals surface area (Å²) < 4.78 is 24.2. The van der Waals surface area contributed by atoms with Crippen molar-refractivity contribution < 1.29 is 18.3 Å². The first-order valence-corrected chi connectivity index (χ1v) is 6.66. The standard InChI is InChI=1S/C11H13NO4S/c1-7-2-4-8(5-3-7)17(15,16)9-6-11(9,12)10(13)14/h2-5,9H,6,12H2,1H3,(H,13,14). The first-order valence-electron chi connectivity index (χ1n) is 5.11. The second kappa shape index (κ2) is 3.54. The minimum atomic E-state index is -3.64. The molecule has 2 rings (SSSR count). The number of aliphatic carboxylic acids is 1. The van der Waals surface area contributed by atoms with Gasteiger partial charge in [-0.1, -0.05) is 17.7 Å². The van der Waals surface area contributed by atoms with E-state index in [0.29, 0.717) is 0 Å². The fourth-order valence-electron chi connectivity index (χ4n) is 1.75. The Labute approximate surface area is 99.2 Å². The highest BCUT2D eigenvalue weighted by Gasteiger charge is 2.64. The summed E-state index contributed by atoms with van der Waals surface area (Å²) >= 11 is 0. The predicted octanol–water partition coefficient (Wildman–Crippen LogP) is 0.323. The predicted molar refractivity (Wildman–Crippen MR) is 61.3 cm³/mol. The number of hydrogen-bond donors (Lipinski definition) is 2. The average molecular weight is 255 g/mol. The molecule has 92 valence electrons. The number of aryl methyl sites for hydroxylation is 1. The van der Waals surface area contributed by atoms with Crippen molar-refractivity contribution in [2.75, 3.05) is 0 Å². The van der Waals surface area contributed by atoms with Gasteiger partial charge in [-0.3, -0.25) is 4.79 Å². The number of carbonyl (C=O) groups is 1. The second-order valence-electron chi connectivity index (χ2n) is 4.40. The van der Waals surface area contributed by atoms with Crippen molar-refractivity contribution in [1.29, 1.82) is 0 Å². The number of nitrogens with two attached hydrogens (primary N) is 1. The van der Waals surface area contributed by atoms with Gasteiger partial charge in [-0.15, -0.1) is 0 Å². The van der Waals surface area contributed by atoms with E-state index in [0.717, 1.165) is 5.56 Å². The molecule has 0 heterocycles. The molecular formula is C11H13NO4S. The molecule has 0 spiro atoms. The molecule has 1 aliphatic rings. The maximum Gasteiger partial charge on any atom is 0.325 e. The lowest BCUT2D eigenvalue weighted by Crippen LogP contribution is -2.38. The Balaban J connectivity index is 2.34. The van der Waals surface area contributed by atoms with Gasteiger partial charge in [0, 0.05) is 0 Å². The Morgan fingerprint density at radius 2 is 1.94 bits per heavy atom. The molecule has 1 aromatic carbocycles. The molecule has 0 bridgehead atoms. The van der Waals surface area contributed by atoms with Crippen LogP contribution in [0.1, 0.15) is 12.0 Å². The maximum atomic E-state index is 12.1. The molecule has 0 aromatic heterocycles. The van der Waals surface area contributed by atoms with E-state index in [4.69, 9.17) is 10.8 Å². The lowest BCUT2D eigenvalue weighted by Gasteiger charge is -2.07. The average Bonchev–Trinajstić information content (AvgIpc) is 2.94. The van der Waals surface area contributed by atoms with Gasteiger partial charge in [0.1, 0.15) is 5.54 Å². The molecule has 17 heavy (non-hydrogen) atoms. The molecule has 6 heteroatoms. The topological polar surface area (TPSA) is 97.5 Å². The van der Waals surface area contributed by atoms with Gasteiger partial charge in [-0.25, -0.2) is 8.42 Å². The number of benzene rings is 1. The van der Waals surface area contributed by atoms with Crippen LogP contribution in [-0.2, 0) is 14.6 Å². The monoisotopic (exact) mass is 255 g/mol. The zero-order chi connectivity index (χ0) is 12.8. The van der Waals surface area contributed by atoms with Crippen LogP contribution in [0.25, 0.3) is 0 Å². The molecule has 0 radical (unpaired) electrons. The van der Waals surface area contributed by atoms with Crippen molar-refractivity contribution in [3.63, 3.8) is 0 Å². The van der Waals surface area contributed by atoms with Crippen LogP contribution in [0.15, 0.2) is 29.2 Å². The summed E-state index contributed by atoms with van der Waals surface area (Å²) in [5, 5.41) is 7.83. The van der Waals surface area contributed by atoms with E-state index < -0.39 is 26.6 Å². The van der Waals surface area contributed by atoms with Crippen LogP contribution >= 0.6 is 0 Å². The van der Waals surface area contributed by atoms with Gasteiger partial charge in [-0.05, 0) is 25.5 Å². The molecule has 5 nitrogen and oxygen atoms in total. The lowest BCUT2D eigenvalue weighted by molar-refractivity contribution is -0.139. The van der Waals surface area contributed by atoms with E-state index in [2.05, 4.69) is 0 Å². The second-order valence-corrected chi connectivity index (χ2v) is 6.53. The molecule has 0 saturated heterocycles. The summed E-state index contributed by atoms with van der Waals surface area (Å²) in [5.41, 5.74) is 4.83. The lowest BCUT2D eigenvalue weighted by atomic mass is 10.2. The molecule has 1 aliphatic carbocycles. The van der Waals surface area contributed by atoms with Crippen LogP contribution in [0.5, 0.6) is 0 Å². The van der Waals surface area contributed by atoms with Crippen molar-refractivity contribution in [2.45, 2.75) is 29.0 Å². The van der Waals surface area contributed by atoms with E-state index in [1.54, 1.807) is 12.1 Å². The third-order valence-electron chi connectivity index (χ3n) is 3.06. The van der Waals surface area contributed by atoms with Gasteiger partial charge in [-0.2, -0.15) is 0 Å². The zero-order valence-corrected chi connectivity index (χ0v) is 10.1. The normalized spacial score (nSPS) is 27.8. The number of carboxylic acid groups (broad SMARTS) is 1. The summed E-state index contributed by atoms with van der Waals surface area (Å²) in [7, 11) is -3.64. The van der Waals surface area contributed by atoms with Crippen molar-refractivity contribution in [3.05, 3.63) is 29.8 Å². The van der Waals surface area contributed by atoms with E-state index in [1.165, 1.54) is 12.1 Å². The third-order valence-corrected chi connectivity index (χ3v) is 5.33. The molecule has 0 aliphatic heterocycles. The molecule has 2 unspecified atom stereocenters. The van der Waals surface area contributed by atoms with Gasteiger partial charge >= 0.3 is 5.97 Å². The first-order chi connectivity index (χ1) is 7.78. The number of sulfone groups is 1. The third kappa shape index (κ3) is 1.83. The fraction of sp³-hybridized carbons (Fsp3) is 0.364. The number of carboxylic acids is 1. The van der Waals surface area contributed by atoms with Crippen LogP contribution in [0.3, 0.4) is 0 Å². The van der Waals surface area contributed by atoms with Crippen molar-refractivity contribution in [2.24, 2.45) is 5.73 Å². The van der Waals surface area contributed by atoms with E-state index >= 15 is 0 Å². The van der Waals surface area contributed by atoms with Crippen LogP contribution in [-0.4, -0.2) is 30.3 Å². The minimum Gasteiger partial charge on any atom is -0.480 e. The highest BCUT2D eigenvalue weighted by molar-refractivity contribution is 7.92. The van der Waals surface area contributed by atoms with Gasteiger partial charge in [0.25, 0.3) is 0 Å². The van der Waals surface area contributed by atoms with Gasteiger partial charge < -0.3 is 10.8 Å². The molecule has 1 saturated carbocycles. The Bertz CT molecular complexity index is 564. The smallest absolute Gasteiger partial charge is 0.325 e. The van der Waals surface area contributed by atoms with E-state index in [1.807, 2.05) is 6.92 Å². The summed E-state index contributed by atoms with van der Waals surface area (Å²) in [4.78, 5) is 11.0. The SMILES string of the molecule is Cc1ccc(S(=O)(=O)C2CC2(N)C(=O)O)cc1. The fourth-order valence-corrected chi connectivity index (χ4v) is 3.75. The van der Waals surface area contributed by atoms with Crippen molar-refractivity contribution >= 4 is 15.8 Å². The Morgan fingerprint density at radius 3 is 2.35 bits per heavy atom. The summed E-state index contributed by atoms with van der Waals surface area (Å²) in [6.07, 6.45) is -0.0292. The summed E-state index contributed by atoms with van der Waals surface area (Å²) in [6.45, 7) is 1.85. The molecule has 3 N–H and O–H groups in total. The maximum absolute atomic E-state index is 12.1. The van der Waals surface area contributed by atoms with E-state index in [-0.39, 0.29) is 11.3 Å². The van der Waals surface area contributed by atoms with Crippen molar-refractivity contribution in [3.8, 4) is 0 Å².